The largest absolute Gasteiger partial charge is 0.342 e. The number of aromatic nitrogens is 2. The molecule has 2 aromatic rings. The van der Waals surface area contributed by atoms with Gasteiger partial charge in [0.15, 0.2) is 0 Å². The average molecular weight is 437 g/mol. The maximum Gasteiger partial charge on any atom is 0.227 e. The number of likely N-dealkylation sites (tertiary alicyclic amines) is 1. The van der Waals surface area contributed by atoms with E-state index in [0.717, 1.165) is 12.1 Å². The number of aryl methyl sites for hydroxylation is 1. The Morgan fingerprint density at radius 2 is 2.00 bits per heavy atom. The van der Waals surface area contributed by atoms with Crippen LogP contribution in [0, 0.1) is 11.8 Å². The number of nitrogens with zero attached hydrogens (tertiary/aromatic N) is 3. The van der Waals surface area contributed by atoms with Crippen molar-refractivity contribution in [2.45, 2.75) is 39.7 Å². The van der Waals surface area contributed by atoms with Crippen molar-refractivity contribution in [3.8, 4) is 0 Å². The lowest BCUT2D eigenvalue weighted by Gasteiger charge is -2.33. The molecule has 1 fully saturated rings. The first kappa shape index (κ1) is 21.7. The molecule has 1 N–H and O–H groups in total. The molecule has 2 heterocycles. The average Bonchev–Trinajstić information content (AvgIpc) is 3.17. The smallest absolute Gasteiger partial charge is 0.227 e. The molecule has 1 atom stereocenters. The molecule has 6 nitrogen and oxygen atoms in total. The summed E-state index contributed by atoms with van der Waals surface area (Å²) in [5, 5.41) is 8.26. The molecule has 0 radical (unpaired) electrons. The van der Waals surface area contributed by atoms with Crippen LogP contribution in [0.2, 0.25) is 10.0 Å². The first-order chi connectivity index (χ1) is 13.9. The number of nitrogens with one attached hydrogen (secondary N) is 1. The highest BCUT2D eigenvalue weighted by Gasteiger charge is 2.29. The van der Waals surface area contributed by atoms with E-state index in [1.54, 1.807) is 23.0 Å². The SMILES string of the molecule is CCn1cc(NC(=O)C2CCN(C(=O)C(C)Cc3ccc(Cl)cc3Cl)CC2)cn1. The molecule has 1 aromatic carbocycles. The molecule has 0 spiro atoms. The van der Waals surface area contributed by atoms with Crippen molar-refractivity contribution in [1.82, 2.24) is 14.7 Å². The number of hydrogen-bond acceptors (Lipinski definition) is 3. The number of rotatable bonds is 6. The van der Waals surface area contributed by atoms with Gasteiger partial charge in [-0.3, -0.25) is 14.3 Å². The van der Waals surface area contributed by atoms with Gasteiger partial charge < -0.3 is 10.2 Å². The van der Waals surface area contributed by atoms with Crippen LogP contribution in [0.4, 0.5) is 5.69 Å². The molecule has 29 heavy (non-hydrogen) atoms. The van der Waals surface area contributed by atoms with E-state index in [9.17, 15) is 9.59 Å². The number of hydrogen-bond donors (Lipinski definition) is 1. The number of halogens is 2. The Kier molecular flexibility index (Phi) is 7.19. The van der Waals surface area contributed by atoms with E-state index in [2.05, 4.69) is 10.4 Å². The third-order valence-corrected chi connectivity index (χ3v) is 5.95. The van der Waals surface area contributed by atoms with Crippen molar-refractivity contribution in [2.75, 3.05) is 18.4 Å². The summed E-state index contributed by atoms with van der Waals surface area (Å²) in [5.41, 5.74) is 1.63. The lowest BCUT2D eigenvalue weighted by Crippen LogP contribution is -2.43. The molecular formula is C21H26Cl2N4O2. The van der Waals surface area contributed by atoms with E-state index in [-0.39, 0.29) is 23.7 Å². The predicted octanol–water partition coefficient (Wildman–Crippen LogP) is 4.27. The molecule has 1 aromatic heterocycles. The van der Waals surface area contributed by atoms with E-state index in [4.69, 9.17) is 23.2 Å². The summed E-state index contributed by atoms with van der Waals surface area (Å²) in [7, 11) is 0. The fourth-order valence-corrected chi connectivity index (χ4v) is 4.11. The quantitative estimate of drug-likeness (QED) is 0.734. The van der Waals surface area contributed by atoms with Crippen LogP contribution in [0.15, 0.2) is 30.6 Å². The van der Waals surface area contributed by atoms with Crippen LogP contribution in [-0.4, -0.2) is 39.6 Å². The van der Waals surface area contributed by atoms with Crippen LogP contribution in [-0.2, 0) is 22.6 Å². The summed E-state index contributed by atoms with van der Waals surface area (Å²) in [6.07, 6.45) is 5.36. The number of amides is 2. The molecule has 1 unspecified atom stereocenters. The number of benzene rings is 1. The van der Waals surface area contributed by atoms with Crippen LogP contribution in [0.5, 0.6) is 0 Å². The fraction of sp³-hybridized carbons (Fsp3) is 0.476. The highest BCUT2D eigenvalue weighted by molar-refractivity contribution is 6.35. The highest BCUT2D eigenvalue weighted by Crippen LogP contribution is 2.25. The van der Waals surface area contributed by atoms with Crippen molar-refractivity contribution in [1.29, 1.82) is 0 Å². The molecule has 0 saturated carbocycles. The van der Waals surface area contributed by atoms with E-state index in [1.807, 2.05) is 31.0 Å². The van der Waals surface area contributed by atoms with Crippen LogP contribution in [0.1, 0.15) is 32.3 Å². The van der Waals surface area contributed by atoms with Gasteiger partial charge in [-0.2, -0.15) is 5.10 Å². The number of carbonyl (C=O) groups excluding carboxylic acids is 2. The van der Waals surface area contributed by atoms with E-state index in [1.165, 1.54) is 0 Å². The Hall–Kier alpha value is -2.05. The zero-order chi connectivity index (χ0) is 21.0. The van der Waals surface area contributed by atoms with Crippen molar-refractivity contribution >= 4 is 40.7 Å². The standard InChI is InChI=1S/C21H26Cl2N4O2/c1-3-27-13-18(12-24-27)25-20(28)15-6-8-26(9-7-15)21(29)14(2)10-16-4-5-17(22)11-19(16)23/h4-5,11-15H,3,6-10H2,1-2H3,(H,25,28). The molecular weight excluding hydrogens is 411 g/mol. The molecule has 1 saturated heterocycles. The van der Waals surface area contributed by atoms with Crippen molar-refractivity contribution in [3.05, 3.63) is 46.2 Å². The molecule has 0 aliphatic carbocycles. The minimum absolute atomic E-state index is 0.00579. The van der Waals surface area contributed by atoms with Gasteiger partial charge in [-0.05, 0) is 43.9 Å². The zero-order valence-corrected chi connectivity index (χ0v) is 18.2. The Morgan fingerprint density at radius 3 is 2.62 bits per heavy atom. The Labute approximate surface area is 181 Å². The Bertz CT molecular complexity index is 875. The number of anilines is 1. The van der Waals surface area contributed by atoms with E-state index < -0.39 is 0 Å². The van der Waals surface area contributed by atoms with Crippen LogP contribution < -0.4 is 5.32 Å². The van der Waals surface area contributed by atoms with Gasteiger partial charge in [-0.15, -0.1) is 0 Å². The Balaban J connectivity index is 1.50. The normalized spacial score (nSPS) is 15.9. The third-order valence-electron chi connectivity index (χ3n) is 5.36. The summed E-state index contributed by atoms with van der Waals surface area (Å²) in [6, 6.07) is 5.35. The van der Waals surface area contributed by atoms with Crippen LogP contribution in [0.25, 0.3) is 0 Å². The maximum atomic E-state index is 12.8. The lowest BCUT2D eigenvalue weighted by atomic mass is 9.93. The van der Waals surface area contributed by atoms with E-state index >= 15 is 0 Å². The second kappa shape index (κ2) is 9.63. The minimum atomic E-state index is -0.182. The van der Waals surface area contributed by atoms with Gasteiger partial charge in [0, 0.05) is 47.7 Å². The first-order valence-electron chi connectivity index (χ1n) is 9.93. The monoisotopic (exact) mass is 436 g/mol. The van der Waals surface area contributed by atoms with Gasteiger partial charge in [0.1, 0.15) is 0 Å². The van der Waals surface area contributed by atoms with Gasteiger partial charge in [-0.25, -0.2) is 0 Å². The molecule has 1 aliphatic heterocycles. The highest BCUT2D eigenvalue weighted by atomic mass is 35.5. The van der Waals surface area contributed by atoms with Crippen molar-refractivity contribution < 1.29 is 9.59 Å². The maximum absolute atomic E-state index is 12.8. The molecule has 156 valence electrons. The minimum Gasteiger partial charge on any atom is -0.342 e. The summed E-state index contributed by atoms with van der Waals surface area (Å²) >= 11 is 12.2. The molecule has 8 heteroatoms. The van der Waals surface area contributed by atoms with Crippen LogP contribution >= 0.6 is 23.2 Å². The van der Waals surface area contributed by atoms with Gasteiger partial charge in [0.05, 0.1) is 11.9 Å². The number of carbonyl (C=O) groups is 2. The summed E-state index contributed by atoms with van der Waals surface area (Å²) in [6.45, 7) is 5.84. The van der Waals surface area contributed by atoms with Gasteiger partial charge in [0.25, 0.3) is 0 Å². The number of piperidine rings is 1. The van der Waals surface area contributed by atoms with Crippen LogP contribution in [0.3, 0.4) is 0 Å². The molecule has 2 amide bonds. The Morgan fingerprint density at radius 1 is 1.28 bits per heavy atom. The second-order valence-corrected chi connectivity index (χ2v) is 8.36. The first-order valence-corrected chi connectivity index (χ1v) is 10.7. The molecule has 3 rings (SSSR count). The molecule has 1 aliphatic rings. The lowest BCUT2D eigenvalue weighted by molar-refractivity contribution is -0.137. The van der Waals surface area contributed by atoms with Gasteiger partial charge in [-0.1, -0.05) is 36.2 Å². The van der Waals surface area contributed by atoms with E-state index in [0.29, 0.717) is 48.1 Å². The van der Waals surface area contributed by atoms with Crippen molar-refractivity contribution in [3.63, 3.8) is 0 Å². The predicted molar refractivity (Wildman–Crippen MR) is 115 cm³/mol. The van der Waals surface area contributed by atoms with Gasteiger partial charge in [0.2, 0.25) is 11.8 Å². The topological polar surface area (TPSA) is 67.2 Å². The second-order valence-electron chi connectivity index (χ2n) is 7.51. The zero-order valence-electron chi connectivity index (χ0n) is 16.7. The molecule has 0 bridgehead atoms. The van der Waals surface area contributed by atoms with Gasteiger partial charge >= 0.3 is 0 Å². The van der Waals surface area contributed by atoms with Crippen molar-refractivity contribution in [2.24, 2.45) is 11.8 Å². The summed E-state index contributed by atoms with van der Waals surface area (Å²) in [5.74, 6) is -0.183. The fourth-order valence-electron chi connectivity index (χ4n) is 3.62. The summed E-state index contributed by atoms with van der Waals surface area (Å²) < 4.78 is 1.77. The summed E-state index contributed by atoms with van der Waals surface area (Å²) in [4.78, 5) is 27.2. The third kappa shape index (κ3) is 5.52.